The summed E-state index contributed by atoms with van der Waals surface area (Å²) in [7, 11) is 0. The van der Waals surface area contributed by atoms with E-state index in [-0.39, 0.29) is 11.9 Å². The molecule has 1 aliphatic carbocycles. The molecule has 0 saturated heterocycles. The largest absolute Gasteiger partial charge is 0.356 e. The van der Waals surface area contributed by atoms with Gasteiger partial charge in [0.1, 0.15) is 0 Å². The molecule has 3 N–H and O–H groups in total. The molecule has 18 heavy (non-hydrogen) atoms. The van der Waals surface area contributed by atoms with Gasteiger partial charge in [-0.2, -0.15) is 0 Å². The molecule has 5 heteroatoms. The lowest BCUT2D eigenvalue weighted by atomic mass is 10.00. The lowest BCUT2D eigenvalue weighted by Crippen LogP contribution is -2.32. The van der Waals surface area contributed by atoms with Gasteiger partial charge < -0.3 is 11.1 Å². The molecule has 1 fully saturated rings. The molecular formula is C13H19ClN2OS. The Kier molecular flexibility index (Phi) is 5.03. The molecule has 1 saturated carbocycles. The average molecular weight is 287 g/mol. The van der Waals surface area contributed by atoms with Crippen molar-refractivity contribution in [2.24, 2.45) is 11.7 Å². The molecule has 1 aromatic heterocycles. The Labute approximate surface area is 117 Å². The highest BCUT2D eigenvalue weighted by Gasteiger charge is 2.25. The van der Waals surface area contributed by atoms with Crippen molar-refractivity contribution in [1.82, 2.24) is 5.32 Å². The number of hydrogen-bond donors (Lipinski definition) is 2. The zero-order chi connectivity index (χ0) is 13.0. The molecule has 2 rings (SSSR count). The second kappa shape index (κ2) is 6.55. The van der Waals surface area contributed by atoms with Crippen LogP contribution in [0.15, 0.2) is 12.1 Å². The molecule has 1 aliphatic rings. The smallest absolute Gasteiger partial charge is 0.220 e. The first-order valence-electron chi connectivity index (χ1n) is 6.41. The molecule has 1 aromatic rings. The number of hydrogen-bond acceptors (Lipinski definition) is 3. The Morgan fingerprint density at radius 2 is 2.33 bits per heavy atom. The van der Waals surface area contributed by atoms with Crippen molar-refractivity contribution >= 4 is 28.8 Å². The molecule has 0 aromatic carbocycles. The van der Waals surface area contributed by atoms with Crippen LogP contribution in [-0.2, 0) is 11.2 Å². The zero-order valence-corrected chi connectivity index (χ0v) is 11.9. The van der Waals surface area contributed by atoms with E-state index in [9.17, 15) is 4.79 Å². The molecule has 1 amide bonds. The summed E-state index contributed by atoms with van der Waals surface area (Å²) in [6.07, 6.45) is 4.74. The SMILES string of the molecule is N[C@@H]1CCC[C@H]1CC(=O)NCCc1ccc(Cl)s1. The highest BCUT2D eigenvalue weighted by atomic mass is 35.5. The van der Waals surface area contributed by atoms with E-state index in [1.54, 1.807) is 11.3 Å². The predicted octanol–water partition coefficient (Wildman–Crippen LogP) is 2.58. The zero-order valence-electron chi connectivity index (χ0n) is 10.3. The molecule has 0 radical (unpaired) electrons. The summed E-state index contributed by atoms with van der Waals surface area (Å²) in [4.78, 5) is 13.0. The number of halogens is 1. The number of rotatable bonds is 5. The van der Waals surface area contributed by atoms with E-state index in [4.69, 9.17) is 17.3 Å². The van der Waals surface area contributed by atoms with Crippen molar-refractivity contribution in [2.75, 3.05) is 6.54 Å². The van der Waals surface area contributed by atoms with Gasteiger partial charge in [-0.1, -0.05) is 18.0 Å². The van der Waals surface area contributed by atoms with Gasteiger partial charge in [0, 0.05) is 23.9 Å². The van der Waals surface area contributed by atoms with Crippen molar-refractivity contribution in [3.05, 3.63) is 21.3 Å². The van der Waals surface area contributed by atoms with E-state index in [2.05, 4.69) is 5.32 Å². The van der Waals surface area contributed by atoms with Gasteiger partial charge in [0.25, 0.3) is 0 Å². The van der Waals surface area contributed by atoms with E-state index >= 15 is 0 Å². The van der Waals surface area contributed by atoms with Gasteiger partial charge in [0.15, 0.2) is 0 Å². The topological polar surface area (TPSA) is 55.1 Å². The van der Waals surface area contributed by atoms with Gasteiger partial charge in [-0.05, 0) is 37.3 Å². The lowest BCUT2D eigenvalue weighted by Gasteiger charge is -2.14. The predicted molar refractivity (Wildman–Crippen MR) is 76.0 cm³/mol. The molecule has 0 spiro atoms. The van der Waals surface area contributed by atoms with E-state index in [1.165, 1.54) is 4.88 Å². The molecule has 0 aliphatic heterocycles. The van der Waals surface area contributed by atoms with Crippen LogP contribution in [0.4, 0.5) is 0 Å². The summed E-state index contributed by atoms with van der Waals surface area (Å²) in [5.41, 5.74) is 5.96. The minimum Gasteiger partial charge on any atom is -0.356 e. The van der Waals surface area contributed by atoms with Crippen molar-refractivity contribution in [1.29, 1.82) is 0 Å². The van der Waals surface area contributed by atoms with Crippen molar-refractivity contribution in [3.63, 3.8) is 0 Å². The number of carbonyl (C=O) groups is 1. The van der Waals surface area contributed by atoms with E-state index in [1.807, 2.05) is 12.1 Å². The van der Waals surface area contributed by atoms with E-state index in [0.717, 1.165) is 30.0 Å². The number of thiophene rings is 1. The van der Waals surface area contributed by atoms with Gasteiger partial charge in [-0.3, -0.25) is 4.79 Å². The Morgan fingerprint density at radius 1 is 1.50 bits per heavy atom. The van der Waals surface area contributed by atoms with Gasteiger partial charge >= 0.3 is 0 Å². The first-order valence-corrected chi connectivity index (χ1v) is 7.61. The second-order valence-corrected chi connectivity index (χ2v) is 6.66. The van der Waals surface area contributed by atoms with Gasteiger partial charge in [0.2, 0.25) is 5.91 Å². The average Bonchev–Trinajstić information content (AvgIpc) is 2.89. The quantitative estimate of drug-likeness (QED) is 0.874. The van der Waals surface area contributed by atoms with Crippen LogP contribution in [0.2, 0.25) is 4.34 Å². The van der Waals surface area contributed by atoms with Crippen LogP contribution in [-0.4, -0.2) is 18.5 Å². The molecule has 1 heterocycles. The third-order valence-corrected chi connectivity index (χ3v) is 4.78. The van der Waals surface area contributed by atoms with Crippen molar-refractivity contribution in [3.8, 4) is 0 Å². The maximum Gasteiger partial charge on any atom is 0.220 e. The Balaban J connectivity index is 1.65. The molecule has 0 unspecified atom stereocenters. The standard InChI is InChI=1S/C13H19ClN2OS/c14-12-5-4-10(18-12)6-7-16-13(17)8-9-2-1-3-11(9)15/h4-5,9,11H,1-3,6-8,15H2,(H,16,17)/t9-,11+/m0/s1. The van der Waals surface area contributed by atoms with Crippen LogP contribution in [0.3, 0.4) is 0 Å². The fourth-order valence-electron chi connectivity index (χ4n) is 2.44. The number of carbonyl (C=O) groups excluding carboxylic acids is 1. The number of nitrogens with two attached hydrogens (primary N) is 1. The van der Waals surface area contributed by atoms with Crippen molar-refractivity contribution < 1.29 is 4.79 Å². The third kappa shape index (κ3) is 3.97. The Morgan fingerprint density at radius 3 is 2.94 bits per heavy atom. The first kappa shape index (κ1) is 13.8. The molecule has 3 nitrogen and oxygen atoms in total. The highest BCUT2D eigenvalue weighted by Crippen LogP contribution is 2.26. The third-order valence-electron chi connectivity index (χ3n) is 3.49. The van der Waals surface area contributed by atoms with Crippen LogP contribution < -0.4 is 11.1 Å². The van der Waals surface area contributed by atoms with Gasteiger partial charge in [-0.25, -0.2) is 0 Å². The number of nitrogens with one attached hydrogen (secondary N) is 1. The normalized spacial score (nSPS) is 23.2. The van der Waals surface area contributed by atoms with Gasteiger partial charge in [-0.15, -0.1) is 11.3 Å². The maximum atomic E-state index is 11.8. The first-order chi connectivity index (χ1) is 8.65. The Bertz CT molecular complexity index is 407. The summed E-state index contributed by atoms with van der Waals surface area (Å²) in [5, 5.41) is 2.96. The lowest BCUT2D eigenvalue weighted by molar-refractivity contribution is -0.122. The Hall–Kier alpha value is -0.580. The summed E-state index contributed by atoms with van der Waals surface area (Å²) >= 11 is 7.42. The van der Waals surface area contributed by atoms with Crippen LogP contribution in [0.25, 0.3) is 0 Å². The minimum atomic E-state index is 0.125. The summed E-state index contributed by atoms with van der Waals surface area (Å²) in [5.74, 6) is 0.501. The van der Waals surface area contributed by atoms with E-state index in [0.29, 0.717) is 18.9 Å². The fourth-order valence-corrected chi connectivity index (χ4v) is 3.53. The summed E-state index contributed by atoms with van der Waals surface area (Å²) in [6, 6.07) is 4.11. The fraction of sp³-hybridized carbons (Fsp3) is 0.615. The maximum absolute atomic E-state index is 11.8. The molecular weight excluding hydrogens is 268 g/mol. The summed E-state index contributed by atoms with van der Waals surface area (Å²) in [6.45, 7) is 0.678. The van der Waals surface area contributed by atoms with Crippen LogP contribution in [0.5, 0.6) is 0 Å². The van der Waals surface area contributed by atoms with Crippen LogP contribution >= 0.6 is 22.9 Å². The number of amides is 1. The van der Waals surface area contributed by atoms with Crippen molar-refractivity contribution in [2.45, 2.75) is 38.1 Å². The molecule has 2 atom stereocenters. The second-order valence-electron chi connectivity index (χ2n) is 4.86. The minimum absolute atomic E-state index is 0.125. The highest BCUT2D eigenvalue weighted by molar-refractivity contribution is 7.16. The molecule has 100 valence electrons. The van der Waals surface area contributed by atoms with Gasteiger partial charge in [0.05, 0.1) is 4.34 Å². The molecule has 0 bridgehead atoms. The van der Waals surface area contributed by atoms with Crippen LogP contribution in [0, 0.1) is 5.92 Å². The monoisotopic (exact) mass is 286 g/mol. The van der Waals surface area contributed by atoms with Crippen LogP contribution in [0.1, 0.15) is 30.6 Å². The summed E-state index contributed by atoms with van der Waals surface area (Å²) < 4.78 is 0.799. The van der Waals surface area contributed by atoms with E-state index < -0.39 is 0 Å².